The smallest absolute Gasteiger partial charge is 0.416 e. The van der Waals surface area contributed by atoms with Crippen LogP contribution in [-0.4, -0.2) is 58.1 Å². The summed E-state index contributed by atoms with van der Waals surface area (Å²) >= 11 is 0. The van der Waals surface area contributed by atoms with Crippen LogP contribution in [0.1, 0.15) is 50.3 Å². The Kier molecular flexibility index (Phi) is 9.64. The highest BCUT2D eigenvalue weighted by molar-refractivity contribution is 5.74. The normalized spacial score (nSPS) is 14.4. The first kappa shape index (κ1) is 30.7. The number of hydrogen-bond donors (Lipinski definition) is 3. The number of hydrogen-bond acceptors (Lipinski definition) is 5. The number of amides is 3. The largest absolute Gasteiger partial charge is 0.444 e. The maximum atomic E-state index is 13.7. The van der Waals surface area contributed by atoms with Gasteiger partial charge in [-0.15, -0.1) is 0 Å². The van der Waals surface area contributed by atoms with Gasteiger partial charge in [0.2, 0.25) is 0 Å². The molecular weight excluding hydrogens is 549 g/mol. The van der Waals surface area contributed by atoms with Crippen LogP contribution < -0.4 is 16.0 Å². The van der Waals surface area contributed by atoms with E-state index in [-0.39, 0.29) is 24.2 Å². The lowest BCUT2D eigenvalue weighted by atomic mass is 10.0. The van der Waals surface area contributed by atoms with Crippen molar-refractivity contribution in [2.45, 2.75) is 64.4 Å². The summed E-state index contributed by atoms with van der Waals surface area (Å²) in [7, 11) is 0. The minimum absolute atomic E-state index is 0.00706. The maximum Gasteiger partial charge on any atom is 0.416 e. The van der Waals surface area contributed by atoms with Gasteiger partial charge in [0.25, 0.3) is 0 Å². The first-order valence-electron chi connectivity index (χ1n) is 13.9. The number of halogens is 3. The van der Waals surface area contributed by atoms with E-state index in [0.717, 1.165) is 17.3 Å². The minimum Gasteiger partial charge on any atom is -0.444 e. The third-order valence-corrected chi connectivity index (χ3v) is 6.79. The van der Waals surface area contributed by atoms with Crippen LogP contribution in [0.2, 0.25) is 0 Å². The summed E-state index contributed by atoms with van der Waals surface area (Å²) in [5, 5.41) is 12.9. The number of alkyl carbamates (subject to hydrolysis) is 1. The number of ether oxygens (including phenoxy) is 1. The number of nitrogens with one attached hydrogen (secondary N) is 3. The zero-order valence-corrected chi connectivity index (χ0v) is 24.0. The van der Waals surface area contributed by atoms with Gasteiger partial charge in [-0.3, -0.25) is 0 Å². The molecule has 42 heavy (non-hydrogen) atoms. The van der Waals surface area contributed by atoms with Crippen molar-refractivity contribution < 1.29 is 27.5 Å². The second-order valence-corrected chi connectivity index (χ2v) is 11.2. The molecule has 4 rings (SSSR count). The van der Waals surface area contributed by atoms with Crippen molar-refractivity contribution in [3.05, 3.63) is 77.6 Å². The molecule has 0 aliphatic carbocycles. The summed E-state index contributed by atoms with van der Waals surface area (Å²) in [5.41, 5.74) is 0.984. The molecule has 3 N–H and O–H groups in total. The van der Waals surface area contributed by atoms with E-state index in [2.05, 4.69) is 21.0 Å². The molecule has 0 spiro atoms. The van der Waals surface area contributed by atoms with Gasteiger partial charge in [-0.05, 0) is 81.5 Å². The molecule has 0 bridgehead atoms. The Morgan fingerprint density at radius 1 is 1.02 bits per heavy atom. The fraction of sp³-hybridized carbons (Fsp3) is 0.433. The SMILES string of the molecule is CC(C)(C)OC(=O)NCCc1ccc(NC2CCN(C(=O)NCc3ccc(-n4cccn4)cc3C(F)(F)F)CC2)cc1. The average Bonchev–Trinajstić information content (AvgIpc) is 3.47. The van der Waals surface area contributed by atoms with Crippen molar-refractivity contribution in [2.75, 3.05) is 25.0 Å². The summed E-state index contributed by atoms with van der Waals surface area (Å²) in [6.07, 6.45) is 0.148. The predicted octanol–water partition coefficient (Wildman–Crippen LogP) is 5.74. The van der Waals surface area contributed by atoms with Crippen molar-refractivity contribution in [3.63, 3.8) is 0 Å². The fourth-order valence-corrected chi connectivity index (χ4v) is 4.68. The number of likely N-dealkylation sites (tertiary alicyclic amines) is 1. The van der Waals surface area contributed by atoms with E-state index in [9.17, 15) is 22.8 Å². The van der Waals surface area contributed by atoms with Gasteiger partial charge in [-0.2, -0.15) is 18.3 Å². The Labute approximate surface area is 243 Å². The molecular formula is C30H37F3N6O3. The fourth-order valence-electron chi connectivity index (χ4n) is 4.68. The average molecular weight is 587 g/mol. The topological polar surface area (TPSA) is 101 Å². The first-order valence-corrected chi connectivity index (χ1v) is 13.9. The summed E-state index contributed by atoms with van der Waals surface area (Å²) in [6, 6.07) is 13.3. The van der Waals surface area contributed by atoms with Gasteiger partial charge < -0.3 is 25.6 Å². The van der Waals surface area contributed by atoms with Crippen LogP contribution in [-0.2, 0) is 23.9 Å². The van der Waals surface area contributed by atoms with Crippen molar-refractivity contribution in [2.24, 2.45) is 0 Å². The molecule has 226 valence electrons. The molecule has 1 aliphatic heterocycles. The van der Waals surface area contributed by atoms with E-state index >= 15 is 0 Å². The molecule has 3 amide bonds. The Hall–Kier alpha value is -4.22. The lowest BCUT2D eigenvalue weighted by molar-refractivity contribution is -0.138. The summed E-state index contributed by atoms with van der Waals surface area (Å²) in [4.78, 5) is 26.2. The third-order valence-electron chi connectivity index (χ3n) is 6.79. The number of carbonyl (C=O) groups excluding carboxylic acids is 2. The number of carbonyl (C=O) groups is 2. The second kappa shape index (κ2) is 13.2. The number of anilines is 1. The molecule has 0 radical (unpaired) electrons. The van der Waals surface area contributed by atoms with Crippen LogP contribution in [0.3, 0.4) is 0 Å². The molecule has 1 fully saturated rings. The highest BCUT2D eigenvalue weighted by Gasteiger charge is 2.34. The van der Waals surface area contributed by atoms with Gasteiger partial charge in [-0.1, -0.05) is 18.2 Å². The lowest BCUT2D eigenvalue weighted by Crippen LogP contribution is -2.46. The number of alkyl halides is 3. The standard InChI is InChI=1S/C30H37F3N6O3/c1-29(2,3)42-28(41)34-15-11-21-5-8-23(9-6-21)37-24-12-17-38(18-13-24)27(40)35-20-22-7-10-25(39-16-4-14-36-39)19-26(22)30(31,32)33/h4-10,14,16,19,24,37H,11-13,15,17-18,20H2,1-3H3,(H,34,41)(H,35,40). The Morgan fingerprint density at radius 3 is 2.36 bits per heavy atom. The molecule has 12 heteroatoms. The van der Waals surface area contributed by atoms with E-state index in [0.29, 0.717) is 44.6 Å². The van der Waals surface area contributed by atoms with E-state index in [1.54, 1.807) is 23.2 Å². The van der Waals surface area contributed by atoms with E-state index in [1.807, 2.05) is 45.0 Å². The number of aromatic nitrogens is 2. The molecule has 1 aromatic heterocycles. The summed E-state index contributed by atoms with van der Waals surface area (Å²) in [6.45, 7) is 6.67. The second-order valence-electron chi connectivity index (χ2n) is 11.2. The molecule has 0 unspecified atom stereocenters. The molecule has 2 heterocycles. The van der Waals surface area contributed by atoms with Gasteiger partial charge in [0.15, 0.2) is 0 Å². The first-order chi connectivity index (χ1) is 19.9. The minimum atomic E-state index is -4.57. The third kappa shape index (κ3) is 8.89. The molecule has 1 saturated heterocycles. The van der Waals surface area contributed by atoms with E-state index < -0.39 is 23.4 Å². The van der Waals surface area contributed by atoms with Gasteiger partial charge in [0.05, 0.1) is 11.3 Å². The van der Waals surface area contributed by atoms with Crippen LogP contribution >= 0.6 is 0 Å². The Bertz CT molecular complexity index is 1330. The zero-order chi connectivity index (χ0) is 30.3. The van der Waals surface area contributed by atoms with Crippen molar-refractivity contribution >= 4 is 17.8 Å². The van der Waals surface area contributed by atoms with Crippen LogP contribution in [0.5, 0.6) is 0 Å². The van der Waals surface area contributed by atoms with Crippen LogP contribution in [0.4, 0.5) is 28.4 Å². The monoisotopic (exact) mass is 586 g/mol. The number of piperidine rings is 1. The van der Waals surface area contributed by atoms with Crippen molar-refractivity contribution in [1.82, 2.24) is 25.3 Å². The zero-order valence-electron chi connectivity index (χ0n) is 24.0. The molecule has 2 aromatic carbocycles. The predicted molar refractivity (Wildman–Crippen MR) is 153 cm³/mol. The van der Waals surface area contributed by atoms with Gasteiger partial charge in [0, 0.05) is 50.3 Å². The number of urea groups is 1. The summed E-state index contributed by atoms with van der Waals surface area (Å²) < 4.78 is 47.8. The van der Waals surface area contributed by atoms with Crippen molar-refractivity contribution in [3.8, 4) is 5.69 Å². The van der Waals surface area contributed by atoms with Gasteiger partial charge >= 0.3 is 18.3 Å². The van der Waals surface area contributed by atoms with Gasteiger partial charge in [0.1, 0.15) is 5.60 Å². The van der Waals surface area contributed by atoms with Crippen LogP contribution in [0.25, 0.3) is 5.69 Å². The van der Waals surface area contributed by atoms with Crippen LogP contribution in [0, 0.1) is 0 Å². The number of nitrogens with zero attached hydrogens (tertiary/aromatic N) is 3. The summed E-state index contributed by atoms with van der Waals surface area (Å²) in [5.74, 6) is 0. The van der Waals surface area contributed by atoms with E-state index in [4.69, 9.17) is 4.74 Å². The Balaban J connectivity index is 1.21. The van der Waals surface area contributed by atoms with E-state index in [1.165, 1.54) is 16.9 Å². The molecule has 3 aromatic rings. The highest BCUT2D eigenvalue weighted by atomic mass is 19.4. The number of rotatable bonds is 8. The molecule has 0 atom stereocenters. The highest BCUT2D eigenvalue weighted by Crippen LogP contribution is 2.33. The lowest BCUT2D eigenvalue weighted by Gasteiger charge is -2.33. The van der Waals surface area contributed by atoms with Crippen LogP contribution in [0.15, 0.2) is 60.9 Å². The molecule has 1 aliphatic rings. The Morgan fingerprint density at radius 2 is 1.74 bits per heavy atom. The molecule has 0 saturated carbocycles. The van der Waals surface area contributed by atoms with Crippen molar-refractivity contribution in [1.29, 1.82) is 0 Å². The molecule has 9 nitrogen and oxygen atoms in total. The quantitative estimate of drug-likeness (QED) is 0.312. The maximum absolute atomic E-state index is 13.7. The van der Waals surface area contributed by atoms with Gasteiger partial charge in [-0.25, -0.2) is 14.3 Å². The number of benzene rings is 2.